The molecule has 3 aromatic heterocycles. The predicted octanol–water partition coefficient (Wildman–Crippen LogP) is 4.58. The van der Waals surface area contributed by atoms with Crippen molar-refractivity contribution >= 4 is 34.9 Å². The van der Waals surface area contributed by atoms with Crippen LogP contribution in [0.2, 0.25) is 0 Å². The van der Waals surface area contributed by atoms with Gasteiger partial charge in [0.05, 0.1) is 23.7 Å². The molecule has 9 nitrogen and oxygen atoms in total. The molecule has 7 rings (SSSR count). The Balaban J connectivity index is 1.13. The second kappa shape index (κ2) is 9.51. The maximum Gasteiger partial charge on any atom is 0.258 e. The van der Waals surface area contributed by atoms with Crippen LogP contribution in [-0.2, 0) is 17.8 Å². The number of nitrogens with zero attached hydrogens (tertiary/aromatic N) is 5. The van der Waals surface area contributed by atoms with Crippen molar-refractivity contribution in [1.29, 1.82) is 0 Å². The normalized spacial score (nSPS) is 35.6. The summed E-state index contributed by atoms with van der Waals surface area (Å²) in [5.74, 6) is 0.275. The van der Waals surface area contributed by atoms with Gasteiger partial charge in [0.25, 0.3) is 5.22 Å². The molecule has 0 radical (unpaired) electrons. The molecule has 3 saturated carbocycles. The van der Waals surface area contributed by atoms with E-state index in [0.717, 1.165) is 31.4 Å². The van der Waals surface area contributed by atoms with Crippen molar-refractivity contribution in [1.82, 2.24) is 19.7 Å². The van der Waals surface area contributed by atoms with Crippen LogP contribution < -0.4 is 0 Å². The third kappa shape index (κ3) is 3.89. The lowest BCUT2D eigenvalue weighted by Gasteiger charge is -2.60. The number of carbonyl (C=O) groups excluding carboxylic acids is 1. The highest BCUT2D eigenvalue weighted by Gasteiger charge is 2.68. The molecule has 4 aliphatic carbocycles. The second-order valence-corrected chi connectivity index (χ2v) is 13.8. The Morgan fingerprint density at radius 1 is 1.34 bits per heavy atom. The molecule has 0 saturated heterocycles. The minimum absolute atomic E-state index is 0.0550. The number of hydrogen-bond donors (Lipinski definition) is 2. The van der Waals surface area contributed by atoms with Crippen LogP contribution in [0.1, 0.15) is 57.2 Å². The van der Waals surface area contributed by atoms with E-state index in [4.69, 9.17) is 11.0 Å². The molecule has 0 amide bonds. The standard InChI is InChI=1S/C31H35N5O4S/c1-29-14-18-16-34-36(12-11-32-3)22(18)13-19(29)6-7-20-21-8-9-31(39,30(21,2)15-23(37)26(20)29)25(38)17-41-28-35-27-24(40-28)5-4-10-33-27/h4-5,10,13,16,20-21,23,26,37,39H,6-9,11-12,14-15,17H2,1-2H3/t20?,21?,23-,26?,29?,30?,31-/m0/s1. The number of ketones is 1. The van der Waals surface area contributed by atoms with Crippen LogP contribution >= 0.6 is 11.8 Å². The topological polar surface area (TPSA) is 119 Å². The molecule has 7 atom stereocenters. The van der Waals surface area contributed by atoms with Gasteiger partial charge >= 0.3 is 0 Å². The summed E-state index contributed by atoms with van der Waals surface area (Å²) in [6, 6.07) is 3.57. The first kappa shape index (κ1) is 26.9. The molecule has 3 heterocycles. The number of carbonyl (C=O) groups is 1. The highest BCUT2D eigenvalue weighted by atomic mass is 32.2. The number of fused-ring (bicyclic) bond motifs is 7. The highest BCUT2D eigenvalue weighted by Crippen LogP contribution is 2.67. The van der Waals surface area contributed by atoms with Crippen molar-refractivity contribution in [3.63, 3.8) is 0 Å². The summed E-state index contributed by atoms with van der Waals surface area (Å²) in [5, 5.41) is 28.9. The van der Waals surface area contributed by atoms with Crippen molar-refractivity contribution in [2.75, 3.05) is 12.3 Å². The van der Waals surface area contributed by atoms with Gasteiger partial charge in [0.15, 0.2) is 17.0 Å². The molecule has 0 aromatic carbocycles. The summed E-state index contributed by atoms with van der Waals surface area (Å²) in [7, 11) is 0. The van der Waals surface area contributed by atoms with E-state index in [2.05, 4.69) is 32.9 Å². The SMILES string of the molecule is [C-]#[N+]CCn1ncc2c1C=C1CCC3C([C@@H](O)CC4(C)C3CC[C@]4(O)C(=O)CSc3nc4ncccc4o3)C1(C)C2. The van der Waals surface area contributed by atoms with Crippen molar-refractivity contribution < 1.29 is 19.4 Å². The molecule has 0 aliphatic heterocycles. The molecule has 0 spiro atoms. The Morgan fingerprint density at radius 2 is 2.20 bits per heavy atom. The van der Waals surface area contributed by atoms with Crippen molar-refractivity contribution in [3.05, 3.63) is 52.8 Å². The van der Waals surface area contributed by atoms with Crippen molar-refractivity contribution in [2.24, 2.45) is 28.6 Å². The number of thioether (sulfide) groups is 1. The highest BCUT2D eigenvalue weighted by molar-refractivity contribution is 7.99. The average Bonchev–Trinajstić information content (AvgIpc) is 3.62. The molecule has 10 heteroatoms. The first-order valence-electron chi connectivity index (χ1n) is 14.5. The van der Waals surface area contributed by atoms with Crippen LogP contribution in [-0.4, -0.2) is 59.7 Å². The summed E-state index contributed by atoms with van der Waals surface area (Å²) in [4.78, 5) is 25.8. The number of allylic oxidation sites excluding steroid dienone is 1. The number of rotatable bonds is 6. The van der Waals surface area contributed by atoms with E-state index >= 15 is 0 Å². The fourth-order valence-electron chi connectivity index (χ4n) is 9.08. The second-order valence-electron chi connectivity index (χ2n) is 12.9. The lowest BCUT2D eigenvalue weighted by Crippen LogP contribution is -2.62. The van der Waals surface area contributed by atoms with Crippen LogP contribution in [0.15, 0.2) is 39.7 Å². The van der Waals surface area contributed by atoms with E-state index in [0.29, 0.717) is 42.4 Å². The third-order valence-corrected chi connectivity index (χ3v) is 11.8. The smallest absolute Gasteiger partial charge is 0.258 e. The summed E-state index contributed by atoms with van der Waals surface area (Å²) in [6.07, 6.45) is 9.48. The average molecular weight is 574 g/mol. The molecule has 5 unspecified atom stereocenters. The summed E-state index contributed by atoms with van der Waals surface area (Å²) in [6.45, 7) is 12.5. The quantitative estimate of drug-likeness (QED) is 0.325. The minimum atomic E-state index is -1.50. The Hall–Kier alpha value is -3.00. The first-order chi connectivity index (χ1) is 19.7. The van der Waals surface area contributed by atoms with E-state index in [9.17, 15) is 15.0 Å². The van der Waals surface area contributed by atoms with Gasteiger partial charge in [0, 0.05) is 11.6 Å². The molecule has 4 aliphatic rings. The molecule has 0 bridgehead atoms. The van der Waals surface area contributed by atoms with Crippen molar-refractivity contribution in [2.45, 2.75) is 75.8 Å². The summed E-state index contributed by atoms with van der Waals surface area (Å²) >= 11 is 1.19. The van der Waals surface area contributed by atoms with Gasteiger partial charge in [0.1, 0.15) is 12.1 Å². The number of Topliss-reactive ketones (excluding diaryl/α,β-unsaturated/α-hetero) is 1. The van der Waals surface area contributed by atoms with Gasteiger partial charge in [-0.2, -0.15) is 10.1 Å². The van der Waals surface area contributed by atoms with Gasteiger partial charge in [0.2, 0.25) is 6.54 Å². The van der Waals surface area contributed by atoms with Gasteiger partial charge in [-0.05, 0) is 85.5 Å². The fourth-order valence-corrected chi connectivity index (χ4v) is 9.88. The van der Waals surface area contributed by atoms with Gasteiger partial charge in [-0.3, -0.25) is 9.48 Å². The molecule has 3 fully saturated rings. The number of aliphatic hydroxyl groups excluding tert-OH is 1. The van der Waals surface area contributed by atoms with Crippen LogP contribution in [0.4, 0.5) is 0 Å². The zero-order chi connectivity index (χ0) is 28.6. The number of aromatic nitrogens is 4. The monoisotopic (exact) mass is 573 g/mol. The van der Waals surface area contributed by atoms with Gasteiger partial charge in [-0.15, -0.1) is 0 Å². The first-order valence-corrected chi connectivity index (χ1v) is 15.5. The Labute approximate surface area is 243 Å². The molecule has 3 aromatic rings. The maximum atomic E-state index is 13.7. The molecule has 214 valence electrons. The predicted molar refractivity (Wildman–Crippen MR) is 154 cm³/mol. The Bertz CT molecular complexity index is 1570. The summed E-state index contributed by atoms with van der Waals surface area (Å²) in [5.41, 5.74) is 2.30. The number of hydrogen-bond acceptors (Lipinski definition) is 8. The number of pyridine rings is 1. The van der Waals surface area contributed by atoms with Crippen molar-refractivity contribution in [3.8, 4) is 0 Å². The zero-order valence-corrected chi connectivity index (χ0v) is 24.2. The van der Waals surface area contributed by atoms with Crippen LogP contribution in [0.5, 0.6) is 0 Å². The van der Waals surface area contributed by atoms with Crippen LogP contribution in [0.25, 0.3) is 22.2 Å². The molecular formula is C31H35N5O4S. The lowest BCUT2D eigenvalue weighted by atomic mass is 9.45. The molecule has 2 N–H and O–H groups in total. The Morgan fingerprint density at radius 3 is 3.00 bits per heavy atom. The van der Waals surface area contributed by atoms with Crippen LogP contribution in [0.3, 0.4) is 0 Å². The van der Waals surface area contributed by atoms with E-state index < -0.39 is 17.1 Å². The van der Waals surface area contributed by atoms with Crippen LogP contribution in [0, 0.1) is 35.2 Å². The molecule has 41 heavy (non-hydrogen) atoms. The van der Waals surface area contributed by atoms with Gasteiger partial charge < -0.3 is 19.5 Å². The lowest BCUT2D eigenvalue weighted by molar-refractivity contribution is -0.177. The fraction of sp³-hybridized carbons (Fsp3) is 0.581. The van der Waals surface area contributed by atoms with E-state index in [1.807, 2.05) is 17.8 Å². The minimum Gasteiger partial charge on any atom is -0.430 e. The summed E-state index contributed by atoms with van der Waals surface area (Å²) < 4.78 is 7.67. The van der Waals surface area contributed by atoms with E-state index in [1.165, 1.54) is 22.9 Å². The zero-order valence-electron chi connectivity index (χ0n) is 23.4. The van der Waals surface area contributed by atoms with Gasteiger partial charge in [-0.1, -0.05) is 31.2 Å². The third-order valence-electron chi connectivity index (χ3n) is 11.0. The Kier molecular flexibility index (Phi) is 6.23. The number of oxazole rings is 1. The maximum absolute atomic E-state index is 13.7. The largest absolute Gasteiger partial charge is 0.430 e. The van der Waals surface area contributed by atoms with E-state index in [-0.39, 0.29) is 34.7 Å². The number of aliphatic hydroxyl groups is 2. The van der Waals surface area contributed by atoms with Gasteiger partial charge in [-0.25, -0.2) is 11.6 Å². The van der Waals surface area contributed by atoms with E-state index in [1.54, 1.807) is 18.3 Å². The molecular weight excluding hydrogens is 538 g/mol.